The largest absolute Gasteiger partial charge is 0.418 e. The number of anilines is 1. The van der Waals surface area contributed by atoms with E-state index in [4.69, 9.17) is 5.73 Å². The van der Waals surface area contributed by atoms with Crippen LogP contribution in [-0.4, -0.2) is 22.2 Å². The quantitative estimate of drug-likeness (QED) is 0.893. The van der Waals surface area contributed by atoms with Gasteiger partial charge in [-0.1, -0.05) is 23.9 Å². The molecule has 0 saturated heterocycles. The molecular weight excluding hydrogens is 307 g/mol. The van der Waals surface area contributed by atoms with Gasteiger partial charge in [0.25, 0.3) is 5.91 Å². The number of carbonyl (C=O) groups is 2. The van der Waals surface area contributed by atoms with Gasteiger partial charge in [-0.15, -0.1) is 0 Å². The normalized spacial score (nSPS) is 18.5. The van der Waals surface area contributed by atoms with Crippen LogP contribution in [0.4, 0.5) is 18.9 Å². The third-order valence-electron chi connectivity index (χ3n) is 2.64. The van der Waals surface area contributed by atoms with E-state index in [1.165, 1.54) is 12.1 Å². The third kappa shape index (κ3) is 3.75. The molecule has 0 spiro atoms. The lowest BCUT2D eigenvalue weighted by molar-refractivity contribution is -0.137. The zero-order chi connectivity index (χ0) is 15.6. The number of benzene rings is 1. The van der Waals surface area contributed by atoms with Crippen molar-refractivity contribution in [1.29, 1.82) is 0 Å². The molecule has 0 saturated carbocycles. The van der Waals surface area contributed by atoms with Crippen LogP contribution in [0.3, 0.4) is 0 Å². The van der Waals surface area contributed by atoms with Gasteiger partial charge in [0.2, 0.25) is 5.91 Å². The minimum absolute atomic E-state index is 0.0495. The maximum atomic E-state index is 12.8. The number of aliphatic imine (C=N–C) groups is 1. The summed E-state index contributed by atoms with van der Waals surface area (Å²) in [7, 11) is 0. The Hall–Kier alpha value is -2.03. The molecule has 2 rings (SSSR count). The molecule has 5 nitrogen and oxygen atoms in total. The van der Waals surface area contributed by atoms with Gasteiger partial charge in [0.15, 0.2) is 5.17 Å². The van der Waals surface area contributed by atoms with Gasteiger partial charge in [0, 0.05) is 6.42 Å². The molecule has 3 N–H and O–H groups in total. The number of hydrogen-bond acceptors (Lipinski definition) is 4. The van der Waals surface area contributed by atoms with Gasteiger partial charge in [-0.3, -0.25) is 9.59 Å². The summed E-state index contributed by atoms with van der Waals surface area (Å²) < 4.78 is 38.3. The minimum Gasteiger partial charge on any atom is -0.378 e. The monoisotopic (exact) mass is 317 g/mol. The molecule has 2 amide bonds. The first-order valence-electron chi connectivity index (χ1n) is 5.78. The number of para-hydroxylation sites is 1. The molecule has 21 heavy (non-hydrogen) atoms. The van der Waals surface area contributed by atoms with E-state index < -0.39 is 28.8 Å². The Kier molecular flexibility index (Phi) is 4.21. The van der Waals surface area contributed by atoms with E-state index >= 15 is 0 Å². The molecule has 0 bridgehead atoms. The van der Waals surface area contributed by atoms with Crippen LogP contribution in [0.15, 0.2) is 29.3 Å². The first-order valence-corrected chi connectivity index (χ1v) is 6.66. The van der Waals surface area contributed by atoms with Crippen LogP contribution in [0, 0.1) is 0 Å². The molecule has 0 aromatic heterocycles. The van der Waals surface area contributed by atoms with Crippen LogP contribution in [0.1, 0.15) is 12.0 Å². The smallest absolute Gasteiger partial charge is 0.378 e. The summed E-state index contributed by atoms with van der Waals surface area (Å²) in [4.78, 5) is 26.6. The Bertz CT molecular complexity index is 616. The van der Waals surface area contributed by atoms with Crippen molar-refractivity contribution in [3.8, 4) is 0 Å². The van der Waals surface area contributed by atoms with Crippen molar-refractivity contribution >= 4 is 34.4 Å². The highest BCUT2D eigenvalue weighted by atomic mass is 32.2. The van der Waals surface area contributed by atoms with Gasteiger partial charge in [0.1, 0.15) is 5.25 Å². The summed E-state index contributed by atoms with van der Waals surface area (Å²) in [6.45, 7) is 0. The Morgan fingerprint density at radius 1 is 1.38 bits per heavy atom. The average Bonchev–Trinajstić information content (AvgIpc) is 2.67. The second-order valence-corrected chi connectivity index (χ2v) is 5.41. The number of nitrogens with one attached hydrogen (secondary N) is 1. The van der Waals surface area contributed by atoms with Gasteiger partial charge in [-0.2, -0.15) is 18.2 Å². The molecule has 1 aliphatic rings. The van der Waals surface area contributed by atoms with Crippen molar-refractivity contribution in [2.24, 2.45) is 10.7 Å². The number of rotatable bonds is 3. The zero-order valence-electron chi connectivity index (χ0n) is 10.5. The predicted octanol–water partition coefficient (Wildman–Crippen LogP) is 1.99. The number of carbonyl (C=O) groups excluding carboxylic acids is 2. The van der Waals surface area contributed by atoms with Crippen LogP contribution in [0.2, 0.25) is 0 Å². The van der Waals surface area contributed by atoms with Gasteiger partial charge in [-0.25, -0.2) is 0 Å². The highest BCUT2D eigenvalue weighted by Gasteiger charge is 2.34. The minimum atomic E-state index is -4.57. The lowest BCUT2D eigenvalue weighted by Gasteiger charge is -2.14. The van der Waals surface area contributed by atoms with Gasteiger partial charge < -0.3 is 11.1 Å². The first kappa shape index (κ1) is 15.4. The van der Waals surface area contributed by atoms with E-state index in [0.29, 0.717) is 0 Å². The summed E-state index contributed by atoms with van der Waals surface area (Å²) in [5, 5.41) is 1.42. The van der Waals surface area contributed by atoms with E-state index in [1.54, 1.807) is 0 Å². The lowest BCUT2D eigenvalue weighted by atomic mass is 10.1. The SMILES string of the molecule is NC1=NC(=O)[C@@H](CC(=O)Nc2ccccc2C(F)(F)F)S1. The second-order valence-electron chi connectivity index (χ2n) is 4.19. The van der Waals surface area contributed by atoms with Crippen molar-refractivity contribution in [2.45, 2.75) is 17.8 Å². The van der Waals surface area contributed by atoms with Gasteiger partial charge in [-0.05, 0) is 12.1 Å². The van der Waals surface area contributed by atoms with Crippen LogP contribution >= 0.6 is 11.8 Å². The predicted molar refractivity (Wildman–Crippen MR) is 72.7 cm³/mol. The number of amides is 2. The summed E-state index contributed by atoms with van der Waals surface area (Å²) in [5.74, 6) is -1.26. The summed E-state index contributed by atoms with van der Waals surface area (Å²) in [6.07, 6.45) is -4.87. The molecule has 112 valence electrons. The number of alkyl halides is 3. The number of nitrogens with two attached hydrogens (primary N) is 1. The number of thioether (sulfide) groups is 1. The van der Waals surface area contributed by atoms with Gasteiger partial charge >= 0.3 is 6.18 Å². The molecule has 1 heterocycles. The molecule has 9 heteroatoms. The first-order chi connectivity index (χ1) is 9.77. The number of amidine groups is 1. The van der Waals surface area contributed by atoms with Crippen LogP contribution in [0.5, 0.6) is 0 Å². The lowest BCUT2D eigenvalue weighted by Crippen LogP contribution is -2.23. The number of halogens is 3. The molecule has 1 atom stereocenters. The number of hydrogen-bond donors (Lipinski definition) is 2. The molecule has 0 aliphatic carbocycles. The molecular formula is C12H10F3N3O2S. The van der Waals surface area contributed by atoms with Crippen molar-refractivity contribution in [2.75, 3.05) is 5.32 Å². The van der Waals surface area contributed by atoms with Crippen LogP contribution in [-0.2, 0) is 15.8 Å². The molecule has 0 fully saturated rings. The van der Waals surface area contributed by atoms with Crippen molar-refractivity contribution < 1.29 is 22.8 Å². The zero-order valence-corrected chi connectivity index (χ0v) is 11.3. The average molecular weight is 317 g/mol. The topological polar surface area (TPSA) is 84.5 Å². The molecule has 1 aromatic rings. The number of nitrogens with zero attached hydrogens (tertiary/aromatic N) is 1. The van der Waals surface area contributed by atoms with Crippen molar-refractivity contribution in [3.05, 3.63) is 29.8 Å². The fourth-order valence-corrected chi connectivity index (χ4v) is 2.56. The summed E-state index contributed by atoms with van der Waals surface area (Å²) in [6, 6.07) is 4.62. The molecule has 0 radical (unpaired) electrons. The molecule has 1 aliphatic heterocycles. The van der Waals surface area contributed by atoms with E-state index in [0.717, 1.165) is 23.9 Å². The fourth-order valence-electron chi connectivity index (χ4n) is 1.74. The van der Waals surface area contributed by atoms with Crippen LogP contribution in [0.25, 0.3) is 0 Å². The Labute approximate surface area is 121 Å². The fraction of sp³-hybridized carbons (Fsp3) is 0.250. The van der Waals surface area contributed by atoms with Crippen molar-refractivity contribution in [3.63, 3.8) is 0 Å². The molecule has 0 unspecified atom stereocenters. The maximum Gasteiger partial charge on any atom is 0.418 e. The van der Waals surface area contributed by atoms with E-state index in [1.807, 2.05) is 0 Å². The Balaban J connectivity index is 2.06. The highest BCUT2D eigenvalue weighted by Crippen LogP contribution is 2.34. The second kappa shape index (κ2) is 5.76. The Morgan fingerprint density at radius 2 is 2.05 bits per heavy atom. The van der Waals surface area contributed by atoms with E-state index in [9.17, 15) is 22.8 Å². The van der Waals surface area contributed by atoms with E-state index in [2.05, 4.69) is 10.3 Å². The third-order valence-corrected chi connectivity index (χ3v) is 3.62. The highest BCUT2D eigenvalue weighted by molar-refractivity contribution is 8.15. The Morgan fingerprint density at radius 3 is 2.62 bits per heavy atom. The maximum absolute atomic E-state index is 12.8. The van der Waals surface area contributed by atoms with Gasteiger partial charge in [0.05, 0.1) is 11.3 Å². The standard InChI is InChI=1S/C12H10F3N3O2S/c13-12(14,15)6-3-1-2-4-7(6)17-9(19)5-8-10(20)18-11(16)21-8/h1-4,8H,5H2,(H,17,19)(H2,16,18,20)/t8-/m1/s1. The summed E-state index contributed by atoms with van der Waals surface area (Å²) in [5.41, 5.74) is 4.04. The van der Waals surface area contributed by atoms with Crippen molar-refractivity contribution in [1.82, 2.24) is 0 Å². The molecule has 1 aromatic carbocycles. The van der Waals surface area contributed by atoms with Crippen LogP contribution < -0.4 is 11.1 Å². The van der Waals surface area contributed by atoms with E-state index in [-0.39, 0.29) is 17.3 Å². The summed E-state index contributed by atoms with van der Waals surface area (Å²) >= 11 is 0.917.